The third-order valence-electron chi connectivity index (χ3n) is 4.67. The van der Waals surface area contributed by atoms with Gasteiger partial charge in [0.2, 0.25) is 0 Å². The first-order chi connectivity index (χ1) is 10.7. The molecule has 3 rings (SSSR count). The molecule has 0 spiro atoms. The van der Waals surface area contributed by atoms with E-state index in [9.17, 15) is 10.1 Å². The minimum atomic E-state index is -0.625. The number of morpholine rings is 1. The summed E-state index contributed by atoms with van der Waals surface area (Å²) < 4.78 is 5.32. The van der Waals surface area contributed by atoms with E-state index in [1.807, 2.05) is 6.07 Å². The first-order valence-corrected chi connectivity index (χ1v) is 7.64. The SMILES string of the molecule is CN(C(=O)c1ccc(N2CCOCC2)nc1)C1(C#N)CCC1. The van der Waals surface area contributed by atoms with Gasteiger partial charge in [0.05, 0.1) is 24.8 Å². The number of amides is 1. The highest BCUT2D eigenvalue weighted by Crippen LogP contribution is 2.36. The fraction of sp³-hybridized carbons (Fsp3) is 0.562. The third-order valence-corrected chi connectivity index (χ3v) is 4.67. The number of anilines is 1. The number of aromatic nitrogens is 1. The monoisotopic (exact) mass is 300 g/mol. The first-order valence-electron chi connectivity index (χ1n) is 7.64. The Morgan fingerprint density at radius 1 is 1.41 bits per heavy atom. The Kier molecular flexibility index (Phi) is 3.99. The second kappa shape index (κ2) is 5.93. The highest BCUT2D eigenvalue weighted by Gasteiger charge is 2.43. The van der Waals surface area contributed by atoms with E-state index in [0.29, 0.717) is 18.8 Å². The second-order valence-electron chi connectivity index (χ2n) is 5.87. The summed E-state index contributed by atoms with van der Waals surface area (Å²) in [5, 5.41) is 9.34. The molecule has 6 nitrogen and oxygen atoms in total. The number of hydrogen-bond donors (Lipinski definition) is 0. The van der Waals surface area contributed by atoms with Crippen molar-refractivity contribution >= 4 is 11.7 Å². The molecule has 1 aliphatic heterocycles. The van der Waals surface area contributed by atoms with Crippen LogP contribution in [0.25, 0.3) is 0 Å². The Labute approximate surface area is 130 Å². The van der Waals surface area contributed by atoms with Crippen molar-refractivity contribution in [2.75, 3.05) is 38.3 Å². The maximum absolute atomic E-state index is 12.5. The molecule has 0 aromatic carbocycles. The quantitative estimate of drug-likeness (QED) is 0.845. The molecule has 1 amide bonds. The summed E-state index contributed by atoms with van der Waals surface area (Å²) in [5.74, 6) is 0.725. The van der Waals surface area contributed by atoms with Gasteiger partial charge in [-0.25, -0.2) is 4.98 Å². The molecule has 1 aliphatic carbocycles. The Bertz CT molecular complexity index is 583. The van der Waals surface area contributed by atoms with Gasteiger partial charge in [-0.2, -0.15) is 5.26 Å². The minimum Gasteiger partial charge on any atom is -0.378 e. The summed E-state index contributed by atoms with van der Waals surface area (Å²) in [5.41, 5.74) is -0.0963. The molecule has 1 saturated carbocycles. The summed E-state index contributed by atoms with van der Waals surface area (Å²) in [7, 11) is 1.71. The number of nitrogens with zero attached hydrogens (tertiary/aromatic N) is 4. The Hall–Kier alpha value is -2.13. The standard InChI is InChI=1S/C16H20N4O2/c1-19(16(12-17)5-2-6-16)15(21)13-3-4-14(18-11-13)20-7-9-22-10-8-20/h3-4,11H,2,5-10H2,1H3. The molecule has 1 aromatic heterocycles. The van der Waals surface area contributed by atoms with Crippen molar-refractivity contribution in [3.63, 3.8) is 0 Å². The second-order valence-corrected chi connectivity index (χ2v) is 5.87. The Morgan fingerprint density at radius 3 is 2.64 bits per heavy atom. The normalized spacial score (nSPS) is 19.9. The van der Waals surface area contributed by atoms with Crippen molar-refractivity contribution in [1.82, 2.24) is 9.88 Å². The van der Waals surface area contributed by atoms with Crippen LogP contribution in [0.5, 0.6) is 0 Å². The summed E-state index contributed by atoms with van der Waals surface area (Å²) in [6.45, 7) is 3.04. The zero-order chi connectivity index (χ0) is 15.6. The van der Waals surface area contributed by atoms with E-state index in [2.05, 4.69) is 16.0 Å². The number of nitriles is 1. The predicted molar refractivity (Wildman–Crippen MR) is 81.6 cm³/mol. The fourth-order valence-corrected chi connectivity index (χ4v) is 2.91. The van der Waals surface area contributed by atoms with E-state index in [4.69, 9.17) is 4.74 Å². The van der Waals surface area contributed by atoms with Gasteiger partial charge in [-0.1, -0.05) is 0 Å². The van der Waals surface area contributed by atoms with Gasteiger partial charge >= 0.3 is 0 Å². The van der Waals surface area contributed by atoms with Crippen LogP contribution in [0.2, 0.25) is 0 Å². The van der Waals surface area contributed by atoms with Crippen molar-refractivity contribution in [3.8, 4) is 6.07 Å². The van der Waals surface area contributed by atoms with Crippen molar-refractivity contribution in [3.05, 3.63) is 23.9 Å². The molecular formula is C16H20N4O2. The topological polar surface area (TPSA) is 69.5 Å². The van der Waals surface area contributed by atoms with Gasteiger partial charge in [0, 0.05) is 26.3 Å². The Balaban J connectivity index is 1.72. The summed E-state index contributed by atoms with van der Waals surface area (Å²) in [6.07, 6.45) is 4.11. The lowest BCUT2D eigenvalue weighted by Gasteiger charge is -2.42. The van der Waals surface area contributed by atoms with Gasteiger partial charge in [-0.05, 0) is 31.4 Å². The van der Waals surface area contributed by atoms with E-state index in [1.54, 1.807) is 24.2 Å². The van der Waals surface area contributed by atoms with Crippen LogP contribution in [-0.2, 0) is 4.74 Å². The zero-order valence-electron chi connectivity index (χ0n) is 12.8. The summed E-state index contributed by atoms with van der Waals surface area (Å²) >= 11 is 0. The molecule has 0 radical (unpaired) electrons. The lowest BCUT2D eigenvalue weighted by molar-refractivity contribution is 0.0497. The fourth-order valence-electron chi connectivity index (χ4n) is 2.91. The molecule has 0 atom stereocenters. The molecule has 2 fully saturated rings. The molecule has 1 saturated heterocycles. The van der Waals surface area contributed by atoms with Crippen molar-refractivity contribution < 1.29 is 9.53 Å². The lowest BCUT2D eigenvalue weighted by atomic mass is 9.76. The highest BCUT2D eigenvalue weighted by molar-refractivity contribution is 5.94. The zero-order valence-corrected chi connectivity index (χ0v) is 12.8. The molecule has 0 bridgehead atoms. The first kappa shape index (κ1) is 14.8. The van der Waals surface area contributed by atoms with Gasteiger partial charge in [0.15, 0.2) is 0 Å². The molecule has 0 N–H and O–H groups in total. The maximum Gasteiger partial charge on any atom is 0.256 e. The molecule has 22 heavy (non-hydrogen) atoms. The smallest absolute Gasteiger partial charge is 0.256 e. The number of ether oxygens (including phenoxy) is 1. The van der Waals surface area contributed by atoms with Crippen LogP contribution in [-0.4, -0.2) is 54.7 Å². The van der Waals surface area contributed by atoms with Crippen LogP contribution in [0.1, 0.15) is 29.6 Å². The third kappa shape index (κ3) is 2.53. The molecule has 6 heteroatoms. The van der Waals surface area contributed by atoms with E-state index < -0.39 is 5.54 Å². The molecular weight excluding hydrogens is 280 g/mol. The van der Waals surface area contributed by atoms with Crippen molar-refractivity contribution in [2.24, 2.45) is 0 Å². The molecule has 2 aliphatic rings. The largest absolute Gasteiger partial charge is 0.378 e. The van der Waals surface area contributed by atoms with E-state index in [1.165, 1.54) is 0 Å². The number of carbonyl (C=O) groups is 1. The van der Waals surface area contributed by atoms with E-state index in [0.717, 1.165) is 38.2 Å². The Morgan fingerprint density at radius 2 is 2.14 bits per heavy atom. The number of rotatable bonds is 3. The van der Waals surface area contributed by atoms with Crippen LogP contribution in [0.3, 0.4) is 0 Å². The van der Waals surface area contributed by atoms with Gasteiger partial charge in [-0.3, -0.25) is 4.79 Å². The van der Waals surface area contributed by atoms with Gasteiger partial charge in [0.1, 0.15) is 11.4 Å². The lowest BCUT2D eigenvalue weighted by Crippen LogP contribution is -2.53. The number of carbonyl (C=O) groups excluding carboxylic acids is 1. The number of hydrogen-bond acceptors (Lipinski definition) is 5. The van der Waals surface area contributed by atoms with E-state index >= 15 is 0 Å². The maximum atomic E-state index is 12.5. The van der Waals surface area contributed by atoms with Gasteiger partial charge < -0.3 is 14.5 Å². The van der Waals surface area contributed by atoms with Gasteiger partial charge in [0.25, 0.3) is 5.91 Å². The highest BCUT2D eigenvalue weighted by atomic mass is 16.5. The van der Waals surface area contributed by atoms with Crippen molar-refractivity contribution in [2.45, 2.75) is 24.8 Å². The van der Waals surface area contributed by atoms with Crippen LogP contribution in [0.4, 0.5) is 5.82 Å². The molecule has 0 unspecified atom stereocenters. The molecule has 116 valence electrons. The van der Waals surface area contributed by atoms with E-state index in [-0.39, 0.29) is 5.91 Å². The average molecular weight is 300 g/mol. The summed E-state index contributed by atoms with van der Waals surface area (Å²) in [4.78, 5) is 20.6. The average Bonchev–Trinajstić information content (AvgIpc) is 2.54. The molecule has 2 heterocycles. The van der Waals surface area contributed by atoms with Crippen LogP contribution in [0, 0.1) is 11.3 Å². The summed E-state index contributed by atoms with van der Waals surface area (Å²) in [6, 6.07) is 5.95. The van der Waals surface area contributed by atoms with Crippen LogP contribution < -0.4 is 4.90 Å². The van der Waals surface area contributed by atoms with Crippen LogP contribution >= 0.6 is 0 Å². The van der Waals surface area contributed by atoms with Crippen molar-refractivity contribution in [1.29, 1.82) is 5.26 Å². The van der Waals surface area contributed by atoms with Gasteiger partial charge in [-0.15, -0.1) is 0 Å². The van der Waals surface area contributed by atoms with Crippen LogP contribution in [0.15, 0.2) is 18.3 Å². The predicted octanol–water partition coefficient (Wildman–Crippen LogP) is 1.44. The number of pyridine rings is 1. The minimum absolute atomic E-state index is 0.137. The molecule has 1 aromatic rings.